The Labute approximate surface area is 97.5 Å². The molecule has 0 N–H and O–H groups in total. The van der Waals surface area contributed by atoms with Crippen molar-refractivity contribution in [3.8, 4) is 0 Å². The smallest absolute Gasteiger partial charge is 0.131 e. The minimum absolute atomic E-state index is 0.491. The summed E-state index contributed by atoms with van der Waals surface area (Å²) in [5, 5.41) is 0. The number of benzene rings is 1. The van der Waals surface area contributed by atoms with Crippen molar-refractivity contribution >= 4 is 6.29 Å². The fourth-order valence-electron chi connectivity index (χ4n) is 2.02. The number of rotatable bonds is 6. The second kappa shape index (κ2) is 5.45. The lowest BCUT2D eigenvalue weighted by atomic mass is 9.74. The zero-order chi connectivity index (χ0) is 12.0. The maximum Gasteiger partial charge on any atom is 0.131 e. The van der Waals surface area contributed by atoms with Gasteiger partial charge in [0.1, 0.15) is 6.29 Å². The van der Waals surface area contributed by atoms with Gasteiger partial charge in [0.15, 0.2) is 0 Å². The molecule has 0 aliphatic rings. The second-order valence-corrected chi connectivity index (χ2v) is 4.27. The number of hydrogen-bond acceptors (Lipinski definition) is 1. The molecule has 0 saturated carbocycles. The highest BCUT2D eigenvalue weighted by atomic mass is 16.1. The van der Waals surface area contributed by atoms with Crippen LogP contribution in [0.15, 0.2) is 55.1 Å². The maximum absolute atomic E-state index is 11.5. The van der Waals surface area contributed by atoms with Crippen molar-refractivity contribution in [3.05, 3.63) is 60.7 Å². The third kappa shape index (κ3) is 2.69. The Morgan fingerprint density at radius 3 is 2.44 bits per heavy atom. The lowest BCUT2D eigenvalue weighted by molar-refractivity contribution is -0.112. The van der Waals surface area contributed by atoms with Crippen molar-refractivity contribution in [1.29, 1.82) is 0 Å². The highest BCUT2D eigenvalue weighted by Gasteiger charge is 2.30. The molecule has 1 heteroatoms. The molecule has 0 fully saturated rings. The van der Waals surface area contributed by atoms with Gasteiger partial charge in [0.2, 0.25) is 0 Å². The third-order valence-electron chi connectivity index (χ3n) is 2.70. The first-order valence-corrected chi connectivity index (χ1v) is 5.42. The van der Waals surface area contributed by atoms with Gasteiger partial charge in [-0.15, -0.1) is 13.2 Å². The van der Waals surface area contributed by atoms with Crippen LogP contribution < -0.4 is 0 Å². The van der Waals surface area contributed by atoms with Crippen LogP contribution in [0.5, 0.6) is 0 Å². The fourth-order valence-corrected chi connectivity index (χ4v) is 2.02. The molecule has 0 spiro atoms. The molecule has 1 aromatic rings. The zero-order valence-corrected chi connectivity index (χ0v) is 9.78. The topological polar surface area (TPSA) is 17.1 Å². The number of carbonyl (C=O) groups is 1. The van der Waals surface area contributed by atoms with Gasteiger partial charge in [0.25, 0.3) is 0 Å². The summed E-state index contributed by atoms with van der Waals surface area (Å²) in [5.74, 6) is 0. The molecule has 1 aromatic carbocycles. The average Bonchev–Trinajstić information content (AvgIpc) is 2.29. The van der Waals surface area contributed by atoms with Crippen LogP contribution >= 0.6 is 0 Å². The normalized spacial score (nSPS) is 13.8. The summed E-state index contributed by atoms with van der Waals surface area (Å²) in [5.41, 5.74) is 1.56. The Morgan fingerprint density at radius 1 is 1.38 bits per heavy atom. The van der Waals surface area contributed by atoms with Crippen LogP contribution in [0.4, 0.5) is 0 Å². The Bertz CT molecular complexity index is 378. The maximum atomic E-state index is 11.5. The summed E-state index contributed by atoms with van der Waals surface area (Å²) in [6, 6.07) is 9.83. The highest BCUT2D eigenvalue weighted by Crippen LogP contribution is 2.32. The predicted octanol–water partition coefficient (Wildman–Crippen LogP) is 3.67. The first-order valence-electron chi connectivity index (χ1n) is 5.42. The van der Waals surface area contributed by atoms with E-state index in [2.05, 4.69) is 13.2 Å². The van der Waals surface area contributed by atoms with E-state index in [1.165, 1.54) is 0 Å². The molecular formula is C15H18O. The van der Waals surface area contributed by atoms with Crippen molar-refractivity contribution in [1.82, 2.24) is 0 Å². The number of hydrogen-bond donors (Lipinski definition) is 0. The van der Waals surface area contributed by atoms with Gasteiger partial charge in [-0.1, -0.05) is 42.0 Å². The fraction of sp³-hybridized carbons (Fsp3) is 0.267. The standard InChI is InChI=1S/C15H18O/c1-4-10-15(12-16,11-13(2)3)14-8-6-5-7-9-14/h4-9,12H,1-2,10-11H2,3H3. The van der Waals surface area contributed by atoms with E-state index in [1.54, 1.807) is 6.08 Å². The molecule has 0 aliphatic heterocycles. The van der Waals surface area contributed by atoms with Gasteiger partial charge in [-0.2, -0.15) is 0 Å². The summed E-state index contributed by atoms with van der Waals surface area (Å²) in [4.78, 5) is 11.5. The largest absolute Gasteiger partial charge is 0.302 e. The van der Waals surface area contributed by atoms with Gasteiger partial charge in [0, 0.05) is 0 Å². The number of carbonyl (C=O) groups excluding carboxylic acids is 1. The van der Waals surface area contributed by atoms with E-state index in [-0.39, 0.29) is 0 Å². The highest BCUT2D eigenvalue weighted by molar-refractivity contribution is 5.69. The van der Waals surface area contributed by atoms with Crippen LogP contribution in [0.1, 0.15) is 25.3 Å². The summed E-state index contributed by atoms with van der Waals surface area (Å²) >= 11 is 0. The molecule has 1 unspecified atom stereocenters. The zero-order valence-electron chi connectivity index (χ0n) is 9.78. The van der Waals surface area contributed by atoms with Crippen molar-refractivity contribution in [2.24, 2.45) is 0 Å². The van der Waals surface area contributed by atoms with Crippen LogP contribution in [0.2, 0.25) is 0 Å². The summed E-state index contributed by atoms with van der Waals surface area (Å²) in [7, 11) is 0. The number of aldehydes is 1. The number of allylic oxidation sites excluding steroid dienone is 2. The average molecular weight is 214 g/mol. The van der Waals surface area contributed by atoms with Crippen LogP contribution in [-0.2, 0) is 10.2 Å². The van der Waals surface area contributed by atoms with Crippen molar-refractivity contribution in [2.45, 2.75) is 25.2 Å². The van der Waals surface area contributed by atoms with E-state index < -0.39 is 5.41 Å². The van der Waals surface area contributed by atoms with Crippen LogP contribution in [0.25, 0.3) is 0 Å². The molecule has 1 rings (SSSR count). The lowest BCUT2D eigenvalue weighted by Crippen LogP contribution is -2.27. The Hall–Kier alpha value is -1.63. The second-order valence-electron chi connectivity index (χ2n) is 4.27. The SMILES string of the molecule is C=CCC(C=O)(CC(=C)C)c1ccccc1. The third-order valence-corrected chi connectivity index (χ3v) is 2.70. The van der Waals surface area contributed by atoms with Crippen molar-refractivity contribution in [2.75, 3.05) is 0 Å². The summed E-state index contributed by atoms with van der Waals surface area (Å²) in [6.45, 7) is 9.59. The minimum Gasteiger partial charge on any atom is -0.302 e. The van der Waals surface area contributed by atoms with E-state index in [0.717, 1.165) is 17.4 Å². The van der Waals surface area contributed by atoms with E-state index >= 15 is 0 Å². The molecule has 0 radical (unpaired) electrons. The van der Waals surface area contributed by atoms with Crippen LogP contribution in [0, 0.1) is 0 Å². The monoisotopic (exact) mass is 214 g/mol. The molecule has 0 heterocycles. The Balaban J connectivity index is 3.16. The Morgan fingerprint density at radius 2 is 2.00 bits per heavy atom. The van der Waals surface area contributed by atoms with Gasteiger partial charge in [-0.3, -0.25) is 0 Å². The van der Waals surface area contributed by atoms with Crippen LogP contribution in [0.3, 0.4) is 0 Å². The molecule has 16 heavy (non-hydrogen) atoms. The van der Waals surface area contributed by atoms with Gasteiger partial charge < -0.3 is 4.79 Å². The van der Waals surface area contributed by atoms with E-state index in [1.807, 2.05) is 37.3 Å². The quantitative estimate of drug-likeness (QED) is 0.521. The van der Waals surface area contributed by atoms with Gasteiger partial charge in [0.05, 0.1) is 5.41 Å². The van der Waals surface area contributed by atoms with Gasteiger partial charge >= 0.3 is 0 Å². The molecule has 0 amide bonds. The van der Waals surface area contributed by atoms with Crippen LogP contribution in [-0.4, -0.2) is 6.29 Å². The first kappa shape index (κ1) is 12.4. The van der Waals surface area contributed by atoms with Gasteiger partial charge in [-0.25, -0.2) is 0 Å². The molecule has 0 aliphatic carbocycles. The van der Waals surface area contributed by atoms with Gasteiger partial charge in [-0.05, 0) is 25.3 Å². The lowest BCUT2D eigenvalue weighted by Gasteiger charge is -2.27. The predicted molar refractivity (Wildman–Crippen MR) is 68.4 cm³/mol. The molecule has 84 valence electrons. The Kier molecular flexibility index (Phi) is 4.24. The minimum atomic E-state index is -0.491. The van der Waals surface area contributed by atoms with E-state index in [9.17, 15) is 4.79 Å². The molecule has 1 nitrogen and oxygen atoms in total. The molecule has 1 atom stereocenters. The molecule has 0 saturated heterocycles. The summed E-state index contributed by atoms with van der Waals surface area (Å²) < 4.78 is 0. The first-order chi connectivity index (χ1) is 7.64. The van der Waals surface area contributed by atoms with Crippen molar-refractivity contribution < 1.29 is 4.79 Å². The molecular weight excluding hydrogens is 196 g/mol. The van der Waals surface area contributed by atoms with E-state index in [0.29, 0.717) is 12.8 Å². The summed E-state index contributed by atoms with van der Waals surface area (Å²) in [6.07, 6.45) is 4.14. The van der Waals surface area contributed by atoms with E-state index in [4.69, 9.17) is 0 Å². The molecule has 0 aromatic heterocycles. The molecule has 0 bridgehead atoms. The van der Waals surface area contributed by atoms with Crippen molar-refractivity contribution in [3.63, 3.8) is 0 Å².